The lowest BCUT2D eigenvalue weighted by atomic mass is 9.78. The topological polar surface area (TPSA) is 66.5 Å². The monoisotopic (exact) mass is 232 g/mol. The van der Waals surface area contributed by atoms with E-state index in [1.807, 2.05) is 0 Å². The van der Waals surface area contributed by atoms with Gasteiger partial charge in [0.05, 0.1) is 11.7 Å². The van der Waals surface area contributed by atoms with Crippen LogP contribution in [0.1, 0.15) is 19.3 Å². The van der Waals surface area contributed by atoms with Gasteiger partial charge in [0.1, 0.15) is 0 Å². The molecule has 2 heterocycles. The molecule has 0 aromatic heterocycles. The second-order valence-corrected chi connectivity index (χ2v) is 6.43. The molecular weight excluding hydrogens is 216 g/mol. The van der Waals surface area contributed by atoms with E-state index in [0.717, 1.165) is 13.0 Å². The molecule has 0 saturated carbocycles. The van der Waals surface area contributed by atoms with Crippen molar-refractivity contribution in [1.82, 2.24) is 9.62 Å². The number of carbonyl (C=O) groups excluding carboxylic acids is 1. The van der Waals surface area contributed by atoms with Crippen molar-refractivity contribution in [2.45, 2.75) is 19.3 Å². The van der Waals surface area contributed by atoms with Crippen LogP contribution in [0.5, 0.6) is 0 Å². The smallest absolute Gasteiger partial charge is 0.226 e. The third kappa shape index (κ3) is 1.88. The van der Waals surface area contributed by atoms with Crippen molar-refractivity contribution < 1.29 is 13.2 Å². The highest BCUT2D eigenvalue weighted by Crippen LogP contribution is 2.38. The molecule has 1 N–H and O–H groups in total. The number of nitrogens with one attached hydrogen (secondary N) is 1. The highest BCUT2D eigenvalue weighted by atomic mass is 32.2. The molecule has 0 atom stereocenters. The van der Waals surface area contributed by atoms with Gasteiger partial charge in [0, 0.05) is 19.6 Å². The average Bonchev–Trinajstić information content (AvgIpc) is 2.48. The highest BCUT2D eigenvalue weighted by Gasteiger charge is 2.45. The molecule has 1 amide bonds. The predicted octanol–water partition coefficient (Wildman–Crippen LogP) is -0.452. The van der Waals surface area contributed by atoms with Crippen LogP contribution in [0.2, 0.25) is 0 Å². The van der Waals surface area contributed by atoms with Crippen molar-refractivity contribution in [2.75, 3.05) is 25.9 Å². The minimum atomic E-state index is -3.09. The summed E-state index contributed by atoms with van der Waals surface area (Å²) in [5.74, 6) is 0.107. The fraction of sp³-hybridized carbons (Fsp3) is 0.889. The van der Waals surface area contributed by atoms with Gasteiger partial charge < -0.3 is 5.32 Å². The molecule has 15 heavy (non-hydrogen) atoms. The fourth-order valence-corrected chi connectivity index (χ4v) is 3.29. The summed E-state index contributed by atoms with van der Waals surface area (Å²) in [5.41, 5.74) is -0.277. The maximum absolute atomic E-state index is 11.6. The molecule has 1 spiro atoms. The van der Waals surface area contributed by atoms with Gasteiger partial charge in [-0.25, -0.2) is 12.7 Å². The number of rotatable bonds is 1. The Kier molecular flexibility index (Phi) is 2.50. The summed E-state index contributed by atoms with van der Waals surface area (Å²) in [6.45, 7) is 1.69. The summed E-state index contributed by atoms with van der Waals surface area (Å²) in [5, 5.41) is 2.83. The maximum atomic E-state index is 11.6. The van der Waals surface area contributed by atoms with Crippen LogP contribution in [0.15, 0.2) is 0 Å². The number of piperidine rings is 1. The zero-order valence-electron chi connectivity index (χ0n) is 8.82. The summed E-state index contributed by atoms with van der Waals surface area (Å²) >= 11 is 0. The minimum absolute atomic E-state index is 0.107. The van der Waals surface area contributed by atoms with E-state index in [0.29, 0.717) is 25.9 Å². The lowest BCUT2D eigenvalue weighted by Crippen LogP contribution is -2.45. The van der Waals surface area contributed by atoms with Crippen LogP contribution in [0.25, 0.3) is 0 Å². The number of carbonyl (C=O) groups is 1. The van der Waals surface area contributed by atoms with E-state index in [4.69, 9.17) is 0 Å². The SMILES string of the molecule is CS(=O)(=O)N1CCC2(CCNC2=O)CC1. The number of hydrogen-bond donors (Lipinski definition) is 1. The molecule has 0 radical (unpaired) electrons. The van der Waals surface area contributed by atoms with Gasteiger partial charge in [-0.15, -0.1) is 0 Å². The number of hydrogen-bond acceptors (Lipinski definition) is 3. The van der Waals surface area contributed by atoms with E-state index in [2.05, 4.69) is 5.32 Å². The third-order valence-corrected chi connectivity index (χ3v) is 4.82. The van der Waals surface area contributed by atoms with Gasteiger partial charge in [-0.1, -0.05) is 0 Å². The number of nitrogens with zero attached hydrogens (tertiary/aromatic N) is 1. The lowest BCUT2D eigenvalue weighted by Gasteiger charge is -2.35. The van der Waals surface area contributed by atoms with Crippen LogP contribution in [-0.2, 0) is 14.8 Å². The van der Waals surface area contributed by atoms with Crippen molar-refractivity contribution in [3.63, 3.8) is 0 Å². The molecule has 0 bridgehead atoms. The molecule has 0 aromatic rings. The Morgan fingerprint density at radius 3 is 2.27 bits per heavy atom. The Morgan fingerprint density at radius 1 is 1.27 bits per heavy atom. The highest BCUT2D eigenvalue weighted by molar-refractivity contribution is 7.88. The molecule has 2 aliphatic heterocycles. The molecule has 6 heteroatoms. The van der Waals surface area contributed by atoms with E-state index in [9.17, 15) is 13.2 Å². The number of sulfonamides is 1. The van der Waals surface area contributed by atoms with Crippen LogP contribution >= 0.6 is 0 Å². The second kappa shape index (κ2) is 3.45. The molecule has 5 nitrogen and oxygen atoms in total. The molecule has 0 aromatic carbocycles. The molecule has 0 aliphatic carbocycles. The Balaban J connectivity index is 2.06. The summed E-state index contributed by atoms with van der Waals surface area (Å²) in [4.78, 5) is 11.6. The maximum Gasteiger partial charge on any atom is 0.226 e. The van der Waals surface area contributed by atoms with E-state index in [-0.39, 0.29) is 11.3 Å². The summed E-state index contributed by atoms with van der Waals surface area (Å²) in [6.07, 6.45) is 3.39. The first-order chi connectivity index (χ1) is 6.94. The Bertz CT molecular complexity index is 369. The van der Waals surface area contributed by atoms with Gasteiger partial charge >= 0.3 is 0 Å². The van der Waals surface area contributed by atoms with Crippen molar-refractivity contribution in [3.8, 4) is 0 Å². The standard InChI is InChI=1S/C9H16N2O3S/c1-15(13,14)11-6-3-9(4-7-11)2-5-10-8(9)12/h2-7H2,1H3,(H,10,12). The predicted molar refractivity (Wildman–Crippen MR) is 55.7 cm³/mol. The summed E-state index contributed by atoms with van der Waals surface area (Å²) < 4.78 is 24.1. The van der Waals surface area contributed by atoms with E-state index >= 15 is 0 Å². The molecule has 2 rings (SSSR count). The normalized spacial score (nSPS) is 26.9. The zero-order chi connectivity index (χ0) is 11.1. The van der Waals surface area contributed by atoms with Crippen molar-refractivity contribution in [2.24, 2.45) is 5.41 Å². The van der Waals surface area contributed by atoms with Crippen LogP contribution < -0.4 is 5.32 Å². The molecule has 2 fully saturated rings. The Labute approximate surface area is 89.9 Å². The second-order valence-electron chi connectivity index (χ2n) is 4.45. The largest absolute Gasteiger partial charge is 0.356 e. The molecular formula is C9H16N2O3S. The molecule has 2 saturated heterocycles. The minimum Gasteiger partial charge on any atom is -0.356 e. The van der Waals surface area contributed by atoms with Crippen LogP contribution in [0.3, 0.4) is 0 Å². The van der Waals surface area contributed by atoms with Crippen molar-refractivity contribution >= 4 is 15.9 Å². The van der Waals surface area contributed by atoms with Gasteiger partial charge in [0.2, 0.25) is 15.9 Å². The van der Waals surface area contributed by atoms with Crippen molar-refractivity contribution in [3.05, 3.63) is 0 Å². The average molecular weight is 232 g/mol. The molecule has 0 unspecified atom stereocenters. The Hall–Kier alpha value is -0.620. The van der Waals surface area contributed by atoms with Gasteiger partial charge in [-0.3, -0.25) is 4.79 Å². The Morgan fingerprint density at radius 2 is 1.87 bits per heavy atom. The molecule has 86 valence electrons. The van der Waals surface area contributed by atoms with E-state index < -0.39 is 10.0 Å². The third-order valence-electron chi connectivity index (χ3n) is 3.52. The molecule has 2 aliphatic rings. The van der Waals surface area contributed by atoms with Gasteiger partial charge in [0.25, 0.3) is 0 Å². The van der Waals surface area contributed by atoms with Crippen LogP contribution in [-0.4, -0.2) is 44.5 Å². The van der Waals surface area contributed by atoms with Crippen LogP contribution in [0, 0.1) is 5.41 Å². The number of amides is 1. The van der Waals surface area contributed by atoms with Gasteiger partial charge in [0.15, 0.2) is 0 Å². The van der Waals surface area contributed by atoms with Gasteiger partial charge in [-0.2, -0.15) is 0 Å². The fourth-order valence-electron chi connectivity index (χ4n) is 2.44. The van der Waals surface area contributed by atoms with Gasteiger partial charge in [-0.05, 0) is 19.3 Å². The first-order valence-corrected chi connectivity index (χ1v) is 7.02. The zero-order valence-corrected chi connectivity index (χ0v) is 9.64. The lowest BCUT2D eigenvalue weighted by molar-refractivity contribution is -0.129. The van der Waals surface area contributed by atoms with Crippen LogP contribution in [0.4, 0.5) is 0 Å². The summed E-state index contributed by atoms with van der Waals surface area (Å²) in [7, 11) is -3.09. The van der Waals surface area contributed by atoms with E-state index in [1.54, 1.807) is 0 Å². The van der Waals surface area contributed by atoms with E-state index in [1.165, 1.54) is 10.6 Å². The first-order valence-electron chi connectivity index (χ1n) is 5.17. The first kappa shape index (κ1) is 10.9. The quantitative estimate of drug-likeness (QED) is 0.666. The summed E-state index contributed by atoms with van der Waals surface area (Å²) in [6, 6.07) is 0. The van der Waals surface area contributed by atoms with Crippen molar-refractivity contribution in [1.29, 1.82) is 0 Å².